The zero-order valence-electron chi connectivity index (χ0n) is 14.8. The van der Waals surface area contributed by atoms with Crippen LogP contribution in [-0.2, 0) is 0 Å². The summed E-state index contributed by atoms with van der Waals surface area (Å²) >= 11 is 7.75. The van der Waals surface area contributed by atoms with E-state index in [1.807, 2.05) is 12.1 Å². The molecule has 2 heterocycles. The molecule has 130 valence electrons. The maximum Gasteiger partial charge on any atom is 0.225 e. The smallest absolute Gasteiger partial charge is 0.225 e. The zero-order valence-corrected chi connectivity index (χ0v) is 16.4. The first kappa shape index (κ1) is 17.0. The summed E-state index contributed by atoms with van der Waals surface area (Å²) in [6, 6.07) is 14.7. The minimum Gasteiger partial charge on any atom is -0.340 e. The van der Waals surface area contributed by atoms with Gasteiger partial charge in [0, 0.05) is 16.6 Å². The lowest BCUT2D eigenvalue weighted by molar-refractivity contribution is 1.23. The normalized spacial score (nSPS) is 11.1. The summed E-state index contributed by atoms with van der Waals surface area (Å²) in [4.78, 5) is 9.77. The molecule has 0 aliphatic rings. The molecule has 0 unspecified atom stereocenters. The number of hydrogen-bond acceptors (Lipinski definition) is 4. The topological polar surface area (TPSA) is 37.8 Å². The molecule has 0 saturated heterocycles. The lowest BCUT2D eigenvalue weighted by Crippen LogP contribution is -1.97. The third-order valence-electron chi connectivity index (χ3n) is 4.51. The maximum atomic E-state index is 6.17. The number of fused-ring (bicyclic) bond motifs is 1. The predicted octanol–water partition coefficient (Wildman–Crippen LogP) is 6.68. The molecule has 5 heteroatoms. The summed E-state index contributed by atoms with van der Waals surface area (Å²) in [5.74, 6) is 0.736. The molecule has 2 aromatic heterocycles. The van der Waals surface area contributed by atoms with Crippen molar-refractivity contribution in [1.82, 2.24) is 9.97 Å². The van der Waals surface area contributed by atoms with Gasteiger partial charge in [-0.1, -0.05) is 30.3 Å². The van der Waals surface area contributed by atoms with Crippen molar-refractivity contribution in [3.05, 3.63) is 69.8 Å². The van der Waals surface area contributed by atoms with Gasteiger partial charge in [0.25, 0.3) is 0 Å². The van der Waals surface area contributed by atoms with Crippen LogP contribution in [-0.4, -0.2) is 9.97 Å². The summed E-state index contributed by atoms with van der Waals surface area (Å²) < 4.78 is 0. The lowest BCUT2D eigenvalue weighted by Gasteiger charge is -2.10. The monoisotopic (exact) mass is 379 g/mol. The van der Waals surface area contributed by atoms with Crippen molar-refractivity contribution >= 4 is 44.7 Å². The minimum absolute atomic E-state index is 0.251. The van der Waals surface area contributed by atoms with Crippen molar-refractivity contribution < 1.29 is 0 Å². The molecule has 0 saturated carbocycles. The number of nitrogens with one attached hydrogen (secondary N) is 1. The lowest BCUT2D eigenvalue weighted by atomic mass is 10.0. The fraction of sp³-hybridized carbons (Fsp3) is 0.143. The van der Waals surface area contributed by atoms with Crippen LogP contribution in [0, 0.1) is 20.8 Å². The highest BCUT2D eigenvalue weighted by atomic mass is 35.5. The van der Waals surface area contributed by atoms with Gasteiger partial charge in [-0.05, 0) is 66.8 Å². The number of aryl methyl sites for hydroxylation is 3. The number of benzene rings is 2. The Balaban J connectivity index is 1.89. The Morgan fingerprint density at radius 1 is 0.962 bits per heavy atom. The molecule has 0 fully saturated rings. The Kier molecular flexibility index (Phi) is 4.39. The molecule has 0 aliphatic heterocycles. The summed E-state index contributed by atoms with van der Waals surface area (Å²) in [6.07, 6.45) is 0. The summed E-state index contributed by atoms with van der Waals surface area (Å²) in [5, 5.41) is 6.80. The van der Waals surface area contributed by atoms with Crippen LogP contribution in [0.2, 0.25) is 5.28 Å². The Labute approximate surface area is 161 Å². The van der Waals surface area contributed by atoms with Gasteiger partial charge in [0.05, 0.1) is 5.39 Å². The van der Waals surface area contributed by atoms with Crippen molar-refractivity contribution in [3.8, 4) is 11.1 Å². The molecular formula is C21H18ClN3S. The van der Waals surface area contributed by atoms with Gasteiger partial charge >= 0.3 is 0 Å². The molecule has 2 aromatic carbocycles. The van der Waals surface area contributed by atoms with Crippen LogP contribution in [0.15, 0.2) is 47.8 Å². The van der Waals surface area contributed by atoms with Crippen LogP contribution in [0.3, 0.4) is 0 Å². The first-order valence-electron chi connectivity index (χ1n) is 8.37. The van der Waals surface area contributed by atoms with E-state index in [4.69, 9.17) is 11.6 Å². The molecule has 0 atom stereocenters. The highest BCUT2D eigenvalue weighted by Crippen LogP contribution is 2.39. The number of hydrogen-bond donors (Lipinski definition) is 1. The summed E-state index contributed by atoms with van der Waals surface area (Å²) in [7, 11) is 0. The number of halogens is 1. The van der Waals surface area contributed by atoms with Gasteiger partial charge in [0.15, 0.2) is 0 Å². The molecule has 26 heavy (non-hydrogen) atoms. The second kappa shape index (κ2) is 6.71. The molecule has 0 spiro atoms. The van der Waals surface area contributed by atoms with Crippen LogP contribution in [0.25, 0.3) is 21.3 Å². The molecule has 0 radical (unpaired) electrons. The van der Waals surface area contributed by atoms with Gasteiger partial charge in [-0.15, -0.1) is 11.3 Å². The van der Waals surface area contributed by atoms with E-state index >= 15 is 0 Å². The summed E-state index contributed by atoms with van der Waals surface area (Å²) in [5.41, 5.74) is 7.01. The quantitative estimate of drug-likeness (QED) is 0.403. The van der Waals surface area contributed by atoms with Gasteiger partial charge in [-0.2, -0.15) is 4.98 Å². The van der Waals surface area contributed by atoms with E-state index < -0.39 is 0 Å². The van der Waals surface area contributed by atoms with Gasteiger partial charge in [-0.3, -0.25) is 0 Å². The molecule has 1 N–H and O–H groups in total. The number of anilines is 2. The number of thiophene rings is 1. The first-order chi connectivity index (χ1) is 12.5. The SMILES string of the molecule is Cc1cccc(Nc2nc(Cl)nc3scc(-c4ccc(C)c(C)c4)c23)c1. The minimum atomic E-state index is 0.251. The van der Waals surface area contributed by atoms with E-state index in [1.165, 1.54) is 16.7 Å². The predicted molar refractivity (Wildman–Crippen MR) is 112 cm³/mol. The Hall–Kier alpha value is -2.43. The van der Waals surface area contributed by atoms with Crippen molar-refractivity contribution in [2.24, 2.45) is 0 Å². The average molecular weight is 380 g/mol. The van der Waals surface area contributed by atoms with Crippen molar-refractivity contribution in [3.63, 3.8) is 0 Å². The average Bonchev–Trinajstić information content (AvgIpc) is 3.01. The van der Waals surface area contributed by atoms with Gasteiger partial charge in [0.2, 0.25) is 5.28 Å². The number of nitrogens with zero attached hydrogens (tertiary/aromatic N) is 2. The first-order valence-corrected chi connectivity index (χ1v) is 9.63. The fourth-order valence-corrected chi connectivity index (χ4v) is 4.15. The highest BCUT2D eigenvalue weighted by Gasteiger charge is 2.15. The van der Waals surface area contributed by atoms with E-state index in [-0.39, 0.29) is 5.28 Å². The molecule has 0 bridgehead atoms. The second-order valence-electron chi connectivity index (χ2n) is 6.46. The Morgan fingerprint density at radius 3 is 2.58 bits per heavy atom. The zero-order chi connectivity index (χ0) is 18.3. The third kappa shape index (κ3) is 3.18. The van der Waals surface area contributed by atoms with Crippen molar-refractivity contribution in [2.45, 2.75) is 20.8 Å². The van der Waals surface area contributed by atoms with Crippen molar-refractivity contribution in [2.75, 3.05) is 5.32 Å². The largest absolute Gasteiger partial charge is 0.340 e. The Bertz CT molecular complexity index is 1120. The van der Waals surface area contributed by atoms with Gasteiger partial charge < -0.3 is 5.32 Å². The van der Waals surface area contributed by atoms with E-state index in [9.17, 15) is 0 Å². The van der Waals surface area contributed by atoms with E-state index in [2.05, 4.69) is 71.8 Å². The van der Waals surface area contributed by atoms with Crippen LogP contribution >= 0.6 is 22.9 Å². The van der Waals surface area contributed by atoms with Crippen molar-refractivity contribution in [1.29, 1.82) is 0 Å². The fourth-order valence-electron chi connectivity index (χ4n) is 2.99. The van der Waals surface area contributed by atoms with Gasteiger partial charge in [-0.25, -0.2) is 4.98 Å². The standard InChI is InChI=1S/C21H18ClN3S/c1-12-5-4-6-16(9-12)23-19-18-17(11-26-20(18)25-21(22)24-19)15-8-7-13(2)14(3)10-15/h4-11H,1-3H3,(H,23,24,25). The Morgan fingerprint density at radius 2 is 1.81 bits per heavy atom. The number of rotatable bonds is 3. The van der Waals surface area contributed by atoms with E-state index in [1.54, 1.807) is 11.3 Å². The van der Waals surface area contributed by atoms with Crippen LogP contribution < -0.4 is 5.32 Å². The highest BCUT2D eigenvalue weighted by molar-refractivity contribution is 7.17. The van der Waals surface area contributed by atoms with Crippen LogP contribution in [0.4, 0.5) is 11.5 Å². The summed E-state index contributed by atoms with van der Waals surface area (Å²) in [6.45, 7) is 6.32. The van der Waals surface area contributed by atoms with Gasteiger partial charge in [0.1, 0.15) is 10.6 Å². The van der Waals surface area contributed by atoms with Crippen LogP contribution in [0.1, 0.15) is 16.7 Å². The molecule has 0 aliphatic carbocycles. The molecule has 0 amide bonds. The van der Waals surface area contributed by atoms with Crippen LogP contribution in [0.5, 0.6) is 0 Å². The second-order valence-corrected chi connectivity index (χ2v) is 7.66. The third-order valence-corrected chi connectivity index (χ3v) is 5.55. The number of aromatic nitrogens is 2. The molecule has 4 aromatic rings. The van der Waals surface area contributed by atoms with E-state index in [0.717, 1.165) is 32.8 Å². The molecule has 4 rings (SSSR count). The maximum absolute atomic E-state index is 6.17. The molecule has 3 nitrogen and oxygen atoms in total. The molecular weight excluding hydrogens is 362 g/mol. The van der Waals surface area contributed by atoms with E-state index in [0.29, 0.717) is 0 Å².